The molecule has 7 aromatic carbocycles. The summed E-state index contributed by atoms with van der Waals surface area (Å²) in [6.07, 6.45) is 0. The summed E-state index contributed by atoms with van der Waals surface area (Å²) in [5, 5.41) is 2.53. The fourth-order valence-corrected chi connectivity index (χ4v) is 8.89. The van der Waals surface area contributed by atoms with Crippen molar-refractivity contribution >= 4 is 10.8 Å². The van der Waals surface area contributed by atoms with Crippen molar-refractivity contribution in [1.29, 1.82) is 0 Å². The fraction of sp³-hybridized carbons (Fsp3) is 0.120. The van der Waals surface area contributed by atoms with Gasteiger partial charge in [0.05, 0.1) is 11.4 Å². The molecular weight excluding hydrogens is 629 g/mol. The lowest BCUT2D eigenvalue weighted by atomic mass is 9.81. The van der Waals surface area contributed by atoms with Gasteiger partial charge in [-0.1, -0.05) is 155 Å². The van der Waals surface area contributed by atoms with E-state index in [9.17, 15) is 0 Å². The van der Waals surface area contributed by atoms with Crippen molar-refractivity contribution in [3.63, 3.8) is 0 Å². The highest BCUT2D eigenvalue weighted by Crippen LogP contribution is 2.53. The first-order valence-electron chi connectivity index (χ1n) is 18.2. The van der Waals surface area contributed by atoms with Crippen LogP contribution in [0.4, 0.5) is 0 Å². The van der Waals surface area contributed by atoms with Gasteiger partial charge in [0.2, 0.25) is 0 Å². The average molecular weight is 667 g/mol. The van der Waals surface area contributed by atoms with E-state index in [4.69, 9.17) is 9.97 Å². The molecule has 2 nitrogen and oxygen atoms in total. The first kappa shape index (κ1) is 30.7. The lowest BCUT2D eigenvalue weighted by molar-refractivity contribution is 0.660. The van der Waals surface area contributed by atoms with Crippen LogP contribution in [0.5, 0.6) is 0 Å². The number of nitrogens with zero attached hydrogens (tertiary/aromatic N) is 2. The summed E-state index contributed by atoms with van der Waals surface area (Å²) in [5.41, 5.74) is 18.0. The van der Waals surface area contributed by atoms with Crippen LogP contribution in [0.1, 0.15) is 49.9 Å². The zero-order valence-electron chi connectivity index (χ0n) is 29.9. The van der Waals surface area contributed by atoms with Crippen LogP contribution >= 0.6 is 0 Å². The van der Waals surface area contributed by atoms with Gasteiger partial charge in [-0.2, -0.15) is 0 Å². The van der Waals surface area contributed by atoms with Crippen LogP contribution in [0, 0.1) is 0 Å². The minimum absolute atomic E-state index is 0.0159. The predicted molar refractivity (Wildman–Crippen MR) is 216 cm³/mol. The lowest BCUT2D eigenvalue weighted by Gasteiger charge is -2.22. The van der Waals surface area contributed by atoms with Gasteiger partial charge in [0, 0.05) is 27.5 Å². The third kappa shape index (κ3) is 4.57. The molecule has 0 bridgehead atoms. The van der Waals surface area contributed by atoms with Gasteiger partial charge in [0.1, 0.15) is 0 Å². The third-order valence-electron chi connectivity index (χ3n) is 11.7. The minimum Gasteiger partial charge on any atom is -0.228 e. The van der Waals surface area contributed by atoms with Crippen LogP contribution in [0.15, 0.2) is 158 Å². The number of rotatable bonds is 4. The second kappa shape index (κ2) is 11.2. The molecule has 8 aromatic rings. The number of fused-ring (bicyclic) bond motifs is 7. The Morgan fingerprint density at radius 3 is 1.79 bits per heavy atom. The van der Waals surface area contributed by atoms with Crippen LogP contribution in [-0.2, 0) is 10.8 Å². The molecule has 0 unspecified atom stereocenters. The fourth-order valence-electron chi connectivity index (χ4n) is 8.89. The molecule has 0 fully saturated rings. The first-order valence-corrected chi connectivity index (χ1v) is 18.2. The molecule has 2 aliphatic rings. The van der Waals surface area contributed by atoms with E-state index in [1.54, 1.807) is 0 Å². The Morgan fingerprint density at radius 2 is 0.942 bits per heavy atom. The molecule has 2 heteroatoms. The quantitative estimate of drug-likeness (QED) is 0.187. The number of aromatic nitrogens is 2. The third-order valence-corrected chi connectivity index (χ3v) is 11.7. The molecule has 0 spiro atoms. The molecule has 0 saturated heterocycles. The van der Waals surface area contributed by atoms with Crippen LogP contribution in [-0.4, -0.2) is 9.97 Å². The van der Waals surface area contributed by atoms with Crippen molar-refractivity contribution in [2.24, 2.45) is 0 Å². The van der Waals surface area contributed by atoms with E-state index >= 15 is 0 Å². The molecule has 248 valence electrons. The Hall–Kier alpha value is -6.12. The van der Waals surface area contributed by atoms with Crippen LogP contribution in [0.2, 0.25) is 0 Å². The summed E-state index contributed by atoms with van der Waals surface area (Å²) < 4.78 is 0. The van der Waals surface area contributed by atoms with Crippen molar-refractivity contribution in [2.45, 2.75) is 38.5 Å². The summed E-state index contributed by atoms with van der Waals surface area (Å²) >= 11 is 0. The topological polar surface area (TPSA) is 25.8 Å². The standard InChI is InChI=1S/C50H38N2/c1-49(2)41-22-11-10-20-37(41)39-27-35(24-25-42(39)49)32-18-12-19-36(26-32)45-30-46(52-48(51-45)31-14-6-5-7-15-31)38-21-13-23-43-47(38)40-28-33-16-8-9-17-34(33)29-44(40)50(43,3)4/h5-30H,1-4H3. The first-order chi connectivity index (χ1) is 25.3. The smallest absolute Gasteiger partial charge is 0.160 e. The van der Waals surface area contributed by atoms with Crippen molar-refractivity contribution in [3.8, 4) is 67.3 Å². The minimum atomic E-state index is -0.136. The number of hydrogen-bond donors (Lipinski definition) is 0. The zero-order valence-corrected chi connectivity index (χ0v) is 29.9. The molecule has 1 heterocycles. The SMILES string of the molecule is CC1(C)c2ccccc2-c2cc(-c3cccc(-c4cc(-c5cccc6c5-c5cc7ccccc7cc5C6(C)C)nc(-c5ccccc5)n4)c3)ccc21. The molecule has 52 heavy (non-hydrogen) atoms. The molecule has 2 aliphatic carbocycles. The van der Waals surface area contributed by atoms with E-state index in [-0.39, 0.29) is 10.8 Å². The normalized spacial score (nSPS) is 14.5. The van der Waals surface area contributed by atoms with Crippen molar-refractivity contribution in [3.05, 3.63) is 180 Å². The van der Waals surface area contributed by atoms with Crippen LogP contribution < -0.4 is 0 Å². The van der Waals surface area contributed by atoms with Crippen LogP contribution in [0.3, 0.4) is 0 Å². The van der Waals surface area contributed by atoms with Crippen LogP contribution in [0.25, 0.3) is 78.1 Å². The van der Waals surface area contributed by atoms with Gasteiger partial charge in [0.25, 0.3) is 0 Å². The number of hydrogen-bond acceptors (Lipinski definition) is 2. The molecule has 0 N–H and O–H groups in total. The highest BCUT2D eigenvalue weighted by atomic mass is 14.9. The maximum absolute atomic E-state index is 5.30. The monoisotopic (exact) mass is 666 g/mol. The highest BCUT2D eigenvalue weighted by Gasteiger charge is 2.38. The summed E-state index contributed by atoms with van der Waals surface area (Å²) in [6, 6.07) is 57.4. The Morgan fingerprint density at radius 1 is 0.346 bits per heavy atom. The Labute approximate surface area is 305 Å². The molecule has 0 radical (unpaired) electrons. The zero-order chi connectivity index (χ0) is 35.2. The molecule has 1 aromatic heterocycles. The van der Waals surface area contributed by atoms with Gasteiger partial charge in [0.15, 0.2) is 5.82 Å². The Balaban J connectivity index is 1.14. The molecule has 0 amide bonds. The molecule has 0 saturated carbocycles. The van der Waals surface area contributed by atoms with Gasteiger partial charge in [-0.15, -0.1) is 0 Å². The Kier molecular flexibility index (Phi) is 6.60. The van der Waals surface area contributed by atoms with E-state index in [0.29, 0.717) is 0 Å². The van der Waals surface area contributed by atoms with E-state index < -0.39 is 0 Å². The van der Waals surface area contributed by atoms with Gasteiger partial charge in [-0.25, -0.2) is 9.97 Å². The van der Waals surface area contributed by atoms with Crippen molar-refractivity contribution in [2.75, 3.05) is 0 Å². The summed E-state index contributed by atoms with van der Waals surface area (Å²) in [4.78, 5) is 10.5. The molecule has 0 aliphatic heterocycles. The van der Waals surface area contributed by atoms with E-state index in [2.05, 4.69) is 179 Å². The summed E-state index contributed by atoms with van der Waals surface area (Å²) in [5.74, 6) is 0.725. The molecule has 0 atom stereocenters. The van der Waals surface area contributed by atoms with Gasteiger partial charge < -0.3 is 0 Å². The second-order valence-corrected chi connectivity index (χ2v) is 15.4. The maximum Gasteiger partial charge on any atom is 0.160 e. The van der Waals surface area contributed by atoms with Gasteiger partial charge >= 0.3 is 0 Å². The second-order valence-electron chi connectivity index (χ2n) is 15.4. The Bertz CT molecular complexity index is 2730. The van der Waals surface area contributed by atoms with E-state index in [0.717, 1.165) is 33.9 Å². The maximum atomic E-state index is 5.30. The van der Waals surface area contributed by atoms with Crippen molar-refractivity contribution < 1.29 is 0 Å². The predicted octanol–water partition coefficient (Wildman–Crippen LogP) is 12.9. The largest absolute Gasteiger partial charge is 0.228 e. The van der Waals surface area contributed by atoms with Crippen molar-refractivity contribution in [1.82, 2.24) is 9.97 Å². The average Bonchev–Trinajstić information content (AvgIpc) is 3.56. The summed E-state index contributed by atoms with van der Waals surface area (Å²) in [7, 11) is 0. The van der Waals surface area contributed by atoms with Gasteiger partial charge in [-0.05, 0) is 96.7 Å². The lowest BCUT2D eigenvalue weighted by Crippen LogP contribution is -2.14. The highest BCUT2D eigenvalue weighted by molar-refractivity contribution is 5.98. The molecular formula is C50H38N2. The van der Waals surface area contributed by atoms with E-state index in [1.807, 2.05) is 6.07 Å². The van der Waals surface area contributed by atoms with E-state index in [1.165, 1.54) is 66.4 Å². The van der Waals surface area contributed by atoms with Gasteiger partial charge in [-0.3, -0.25) is 0 Å². The molecule has 10 rings (SSSR count). The number of benzene rings is 7. The summed E-state index contributed by atoms with van der Waals surface area (Å²) in [6.45, 7) is 9.36.